The molecule has 3 heterocycles. The number of carboxylic acid groups (broad SMARTS) is 1. The first-order chi connectivity index (χ1) is 24.2. The average molecular weight is 708 g/mol. The number of carbonyl (C=O) groups is 2. The number of fused-ring (bicyclic) bond motifs is 7. The number of benzene rings is 2. The van der Waals surface area contributed by atoms with Gasteiger partial charge in [-0.3, -0.25) is 9.48 Å². The van der Waals surface area contributed by atoms with Crippen molar-refractivity contribution in [3.63, 3.8) is 0 Å². The number of rotatable bonds is 6. The molecular formula is C44H57N3O3S. The Morgan fingerprint density at radius 3 is 2.35 bits per heavy atom. The molecule has 7 heteroatoms. The number of aromatic carboxylic acids is 1. The zero-order chi connectivity index (χ0) is 36.0. The van der Waals surface area contributed by atoms with E-state index in [1.807, 2.05) is 47.4 Å². The highest BCUT2D eigenvalue weighted by Gasteiger charge is 2.71. The summed E-state index contributed by atoms with van der Waals surface area (Å²) in [6.45, 7) is 13.2. The molecule has 6 nitrogen and oxygen atoms in total. The molecule has 2 aromatic carbocycles. The Kier molecular flexibility index (Phi) is 8.07. The Morgan fingerprint density at radius 1 is 0.882 bits per heavy atom. The summed E-state index contributed by atoms with van der Waals surface area (Å²) in [6.07, 6.45) is 19.8. The van der Waals surface area contributed by atoms with Crippen molar-refractivity contribution < 1.29 is 14.7 Å². The number of hydrogen-bond acceptors (Lipinski definition) is 3. The number of aromatic nitrogens is 2. The van der Waals surface area contributed by atoms with Gasteiger partial charge in [0.1, 0.15) is 6.54 Å². The van der Waals surface area contributed by atoms with E-state index < -0.39 is 16.0 Å². The number of carbonyl (C=O) groups excluding carboxylic acids is 1. The molecule has 5 aliphatic rings. The van der Waals surface area contributed by atoms with Gasteiger partial charge in [-0.05, 0) is 127 Å². The van der Waals surface area contributed by atoms with E-state index in [1.54, 1.807) is 12.1 Å². The van der Waals surface area contributed by atoms with Crippen molar-refractivity contribution in [3.05, 3.63) is 84.2 Å². The molecule has 3 aromatic rings. The van der Waals surface area contributed by atoms with Crippen LogP contribution in [0.5, 0.6) is 0 Å². The number of hydrogen-bond donors (Lipinski definition) is 2. The van der Waals surface area contributed by atoms with E-state index in [4.69, 9.17) is 0 Å². The minimum absolute atomic E-state index is 0.00146. The van der Waals surface area contributed by atoms with Crippen molar-refractivity contribution in [2.75, 3.05) is 12.0 Å². The highest BCUT2D eigenvalue weighted by molar-refractivity contribution is 8.34. The SMILES string of the molecule is CC1(C)C(c2ccc(C(=O)O)cc2)=CC[C@@]2(C)C1CC[C@]1(C)C2CCS2(C)C3CCC[C@]3(NC(=O)Cn3cc(-c4ccccc4)cn3)CC[C@@]12C. The van der Waals surface area contributed by atoms with Crippen LogP contribution < -0.4 is 5.32 Å². The van der Waals surface area contributed by atoms with Crippen molar-refractivity contribution in [1.29, 1.82) is 0 Å². The summed E-state index contributed by atoms with van der Waals surface area (Å²) in [5, 5.41) is 18.4. The third-order valence-corrected chi connectivity index (χ3v) is 21.7. The summed E-state index contributed by atoms with van der Waals surface area (Å²) < 4.78 is 2.08. The van der Waals surface area contributed by atoms with Crippen molar-refractivity contribution in [1.82, 2.24) is 15.1 Å². The van der Waals surface area contributed by atoms with Gasteiger partial charge in [0.2, 0.25) is 5.91 Å². The van der Waals surface area contributed by atoms with Crippen LogP contribution in [0.15, 0.2) is 73.1 Å². The maximum atomic E-state index is 13.8. The Balaban J connectivity index is 1.04. The second kappa shape index (κ2) is 11.8. The zero-order valence-electron chi connectivity index (χ0n) is 31.5. The number of nitrogens with zero attached hydrogens (tertiary/aromatic N) is 2. The van der Waals surface area contributed by atoms with Gasteiger partial charge < -0.3 is 10.4 Å². The van der Waals surface area contributed by atoms with Gasteiger partial charge in [-0.25, -0.2) is 14.8 Å². The molecule has 8 rings (SSSR count). The zero-order valence-corrected chi connectivity index (χ0v) is 32.3. The first-order valence-corrected chi connectivity index (χ1v) is 21.6. The van der Waals surface area contributed by atoms with Gasteiger partial charge in [0, 0.05) is 21.8 Å². The molecular weight excluding hydrogens is 651 g/mol. The van der Waals surface area contributed by atoms with E-state index in [-0.39, 0.29) is 39.0 Å². The minimum Gasteiger partial charge on any atom is -0.478 e. The quantitative estimate of drug-likeness (QED) is 0.267. The molecule has 2 N–H and O–H groups in total. The summed E-state index contributed by atoms with van der Waals surface area (Å²) in [5.74, 6) is 1.77. The maximum absolute atomic E-state index is 13.8. The lowest BCUT2D eigenvalue weighted by atomic mass is 9.40. The Bertz CT molecular complexity index is 1880. The van der Waals surface area contributed by atoms with Crippen molar-refractivity contribution >= 4 is 27.5 Å². The van der Waals surface area contributed by atoms with Crippen LogP contribution in [0.2, 0.25) is 0 Å². The molecule has 272 valence electrons. The number of allylic oxidation sites excluding steroid dienone is 2. The van der Waals surface area contributed by atoms with Gasteiger partial charge in [0.25, 0.3) is 0 Å². The van der Waals surface area contributed by atoms with Crippen LogP contribution in [0.25, 0.3) is 16.7 Å². The van der Waals surface area contributed by atoms with Gasteiger partial charge in [0.15, 0.2) is 0 Å². The lowest BCUT2D eigenvalue weighted by Gasteiger charge is -2.77. The van der Waals surface area contributed by atoms with Gasteiger partial charge in [-0.2, -0.15) is 5.10 Å². The lowest BCUT2D eigenvalue weighted by molar-refractivity contribution is -0.124. The predicted molar refractivity (Wildman–Crippen MR) is 209 cm³/mol. The molecule has 2 aliphatic heterocycles. The predicted octanol–water partition coefficient (Wildman–Crippen LogP) is 9.60. The van der Waals surface area contributed by atoms with Gasteiger partial charge in [-0.1, -0.05) is 83.2 Å². The Labute approximate surface area is 306 Å². The number of amides is 1. The van der Waals surface area contributed by atoms with Gasteiger partial charge in [-0.15, -0.1) is 0 Å². The molecule has 4 unspecified atom stereocenters. The number of nitrogens with one attached hydrogen (secondary N) is 1. The van der Waals surface area contributed by atoms with Crippen LogP contribution in [0.1, 0.15) is 108 Å². The largest absolute Gasteiger partial charge is 0.478 e. The van der Waals surface area contributed by atoms with Crippen LogP contribution in [-0.4, -0.2) is 54.3 Å². The van der Waals surface area contributed by atoms with E-state index in [1.165, 1.54) is 55.4 Å². The third-order valence-electron chi connectivity index (χ3n) is 16.0. The minimum atomic E-state index is -1.06. The average Bonchev–Trinajstić information content (AvgIpc) is 3.74. The van der Waals surface area contributed by atoms with Crippen LogP contribution in [0.3, 0.4) is 0 Å². The first kappa shape index (κ1) is 34.7. The Morgan fingerprint density at radius 2 is 1.63 bits per heavy atom. The molecule has 0 spiro atoms. The van der Waals surface area contributed by atoms with E-state index in [0.717, 1.165) is 30.4 Å². The first-order valence-electron chi connectivity index (χ1n) is 19.3. The normalized spacial score (nSPS) is 39.3. The summed E-state index contributed by atoms with van der Waals surface area (Å²) in [4.78, 5) is 25.4. The van der Waals surface area contributed by atoms with E-state index in [9.17, 15) is 14.7 Å². The van der Waals surface area contributed by atoms with E-state index >= 15 is 0 Å². The van der Waals surface area contributed by atoms with Crippen molar-refractivity contribution in [2.24, 2.45) is 28.1 Å². The molecule has 3 aliphatic carbocycles. The van der Waals surface area contributed by atoms with Crippen molar-refractivity contribution in [3.8, 4) is 11.1 Å². The highest BCUT2D eigenvalue weighted by Crippen LogP contribution is 2.83. The fourth-order valence-electron chi connectivity index (χ4n) is 13.3. The topological polar surface area (TPSA) is 84.2 Å². The summed E-state index contributed by atoms with van der Waals surface area (Å²) in [7, 11) is -1.06. The molecule has 1 aromatic heterocycles. The molecule has 8 atom stereocenters. The van der Waals surface area contributed by atoms with Crippen LogP contribution >= 0.6 is 10.0 Å². The summed E-state index contributed by atoms with van der Waals surface area (Å²) in [5.41, 5.74) is 5.44. The second-order valence-electron chi connectivity index (χ2n) is 18.3. The fraction of sp³-hybridized carbons (Fsp3) is 0.568. The van der Waals surface area contributed by atoms with Gasteiger partial charge in [0.05, 0.1) is 17.3 Å². The van der Waals surface area contributed by atoms with Crippen LogP contribution in [0.4, 0.5) is 0 Å². The number of carboxylic acids is 1. The monoisotopic (exact) mass is 707 g/mol. The molecule has 4 fully saturated rings. The summed E-state index contributed by atoms with van der Waals surface area (Å²) >= 11 is 0. The fourth-order valence-corrected chi connectivity index (χ4v) is 19.2. The van der Waals surface area contributed by atoms with Crippen LogP contribution in [0, 0.1) is 28.1 Å². The third kappa shape index (κ3) is 4.99. The van der Waals surface area contributed by atoms with E-state index in [2.05, 4.69) is 69.5 Å². The Hall–Kier alpha value is -3.32. The summed E-state index contributed by atoms with van der Waals surface area (Å²) in [6, 6.07) is 17.8. The maximum Gasteiger partial charge on any atom is 0.335 e. The van der Waals surface area contributed by atoms with Gasteiger partial charge >= 0.3 is 5.97 Å². The van der Waals surface area contributed by atoms with Crippen LogP contribution in [-0.2, 0) is 11.3 Å². The molecule has 1 amide bonds. The van der Waals surface area contributed by atoms with E-state index in [0.29, 0.717) is 22.6 Å². The molecule has 0 radical (unpaired) electrons. The molecule has 2 saturated carbocycles. The second-order valence-corrected chi connectivity index (χ2v) is 22.4. The lowest BCUT2D eigenvalue weighted by Crippen LogP contribution is -2.71. The molecule has 51 heavy (non-hydrogen) atoms. The standard InChI is InChI=1S/C44H57N3O3S/c1-40(2)34(31-14-16-32(17-15-31)39(49)50)18-22-41(3)35(40)19-23-42(4)36(41)20-26-51(6)37-13-10-21-44(37,25-24-43(42,51)5)46-38(48)29-47-28-33(27-45-47)30-11-8-7-9-12-30/h7-9,11-12,14-18,27-28,35-37H,10,13,19-26,29H2,1-6H3,(H,46,48)(H,49,50)/t35?,36?,37?,41-,42+,43-,44-/m0/s1. The molecule has 0 bridgehead atoms. The highest BCUT2D eigenvalue weighted by atomic mass is 32.3. The van der Waals surface area contributed by atoms with Crippen molar-refractivity contribution in [2.45, 2.75) is 114 Å². The smallest absolute Gasteiger partial charge is 0.335 e. The molecule has 2 saturated heterocycles.